The topological polar surface area (TPSA) is 0 Å². The summed E-state index contributed by atoms with van der Waals surface area (Å²) in [5.41, 5.74) is 4.85. The van der Waals surface area contributed by atoms with E-state index in [1.54, 1.807) is 0 Å². The summed E-state index contributed by atoms with van der Waals surface area (Å²) in [4.78, 5) is 0. The second kappa shape index (κ2) is 11.4. The van der Waals surface area contributed by atoms with Crippen molar-refractivity contribution in [2.24, 2.45) is 0 Å². The Bertz CT molecular complexity index is 1290. The van der Waals surface area contributed by atoms with Crippen molar-refractivity contribution in [3.63, 3.8) is 0 Å². The maximum Gasteiger partial charge on any atom is -0.0134 e. The molecule has 0 saturated carbocycles. The van der Waals surface area contributed by atoms with Crippen molar-refractivity contribution in [3.05, 3.63) is 162 Å². The molecular weight excluding hydrogens is 439 g/mol. The summed E-state index contributed by atoms with van der Waals surface area (Å²) in [6.07, 6.45) is 8.68. The van der Waals surface area contributed by atoms with E-state index in [1.807, 2.05) is 12.1 Å². The van der Waals surface area contributed by atoms with Crippen LogP contribution >= 0.6 is 7.92 Å². The van der Waals surface area contributed by atoms with Crippen molar-refractivity contribution in [2.45, 2.75) is 0 Å². The Hall–Kier alpha value is -3.99. The van der Waals surface area contributed by atoms with Crippen molar-refractivity contribution in [2.75, 3.05) is 0 Å². The van der Waals surface area contributed by atoms with Crippen LogP contribution in [0.5, 0.6) is 0 Å². The molecule has 0 atom stereocenters. The number of hydrogen-bond donors (Lipinski definition) is 0. The molecule has 0 nitrogen and oxygen atoms in total. The van der Waals surface area contributed by atoms with Gasteiger partial charge in [-0.2, -0.15) is 0 Å². The van der Waals surface area contributed by atoms with Gasteiger partial charge in [0.05, 0.1) is 0 Å². The summed E-state index contributed by atoms with van der Waals surface area (Å²) in [6, 6.07) is 49.8. The highest BCUT2D eigenvalue weighted by Crippen LogP contribution is 2.33. The Balaban J connectivity index is 1.40. The first kappa shape index (κ1) is 22.8. The van der Waals surface area contributed by atoms with Crippen LogP contribution in [0.15, 0.2) is 140 Å². The smallest absolute Gasteiger partial charge is 0.0134 e. The van der Waals surface area contributed by atoms with Crippen molar-refractivity contribution in [3.8, 4) is 0 Å². The van der Waals surface area contributed by atoms with Crippen LogP contribution in [-0.2, 0) is 0 Å². The van der Waals surface area contributed by atoms with E-state index in [0.29, 0.717) is 0 Å². The van der Waals surface area contributed by atoms with E-state index in [9.17, 15) is 0 Å². The minimum Gasteiger partial charge on any atom is -0.0622 e. The van der Waals surface area contributed by atoms with E-state index in [0.717, 1.165) is 0 Å². The zero-order chi connectivity index (χ0) is 23.7. The Morgan fingerprint density at radius 1 is 0.286 bits per heavy atom. The third-order valence-corrected chi connectivity index (χ3v) is 8.30. The molecule has 5 aromatic rings. The summed E-state index contributed by atoms with van der Waals surface area (Å²) in [7, 11) is -0.625. The molecule has 0 aliphatic heterocycles. The predicted molar refractivity (Wildman–Crippen MR) is 156 cm³/mol. The summed E-state index contributed by atoms with van der Waals surface area (Å²) in [5.74, 6) is 0. The fraction of sp³-hybridized carbons (Fsp3) is 0. The minimum atomic E-state index is -0.625. The molecule has 0 fully saturated rings. The lowest BCUT2D eigenvalue weighted by Gasteiger charge is -2.19. The average Bonchev–Trinajstić information content (AvgIpc) is 2.94. The highest BCUT2D eigenvalue weighted by atomic mass is 31.1. The second-order valence-corrected chi connectivity index (χ2v) is 10.6. The molecule has 0 aliphatic carbocycles. The first-order valence-electron chi connectivity index (χ1n) is 11.9. The quantitative estimate of drug-likeness (QED) is 0.170. The first-order chi connectivity index (χ1) is 17.3. The zero-order valence-corrected chi connectivity index (χ0v) is 20.4. The number of rotatable bonds is 7. The summed E-state index contributed by atoms with van der Waals surface area (Å²) in [6.45, 7) is 0. The van der Waals surface area contributed by atoms with Gasteiger partial charge in [-0.15, -0.1) is 0 Å². The molecule has 0 N–H and O–H groups in total. The van der Waals surface area contributed by atoms with Gasteiger partial charge in [-0.3, -0.25) is 0 Å². The fourth-order valence-electron chi connectivity index (χ4n) is 4.01. The summed E-state index contributed by atoms with van der Waals surface area (Å²) in [5, 5.41) is 4.08. The molecule has 5 aromatic carbocycles. The number of benzene rings is 5. The van der Waals surface area contributed by atoms with Crippen molar-refractivity contribution < 1.29 is 0 Å². The van der Waals surface area contributed by atoms with Crippen LogP contribution in [0.1, 0.15) is 22.3 Å². The van der Waals surface area contributed by atoms with Gasteiger partial charge >= 0.3 is 0 Å². The molecule has 0 amide bonds. The highest BCUT2D eigenvalue weighted by Gasteiger charge is 2.16. The van der Waals surface area contributed by atoms with E-state index in [4.69, 9.17) is 0 Å². The Morgan fingerprint density at radius 3 is 0.943 bits per heavy atom. The minimum absolute atomic E-state index is 0.625. The molecule has 0 saturated heterocycles. The molecule has 5 rings (SSSR count). The standard InChI is InChI=1S/C34H27P/c1-4-10-28(11-5-1)16-18-30-20-24-33(25-21-30)35(32-14-8-3-9-15-32)34-26-22-31(23-27-34)19-17-29-12-6-2-7-13-29/h1-27H/b18-16+,19-17+. The van der Waals surface area contributed by atoms with Crippen LogP contribution in [0.2, 0.25) is 0 Å². The lowest BCUT2D eigenvalue weighted by atomic mass is 10.1. The van der Waals surface area contributed by atoms with Crippen LogP contribution in [0, 0.1) is 0 Å². The van der Waals surface area contributed by atoms with E-state index < -0.39 is 7.92 Å². The third kappa shape index (κ3) is 6.12. The molecule has 0 unspecified atom stereocenters. The van der Waals surface area contributed by atoms with Gasteiger partial charge in [-0.05, 0) is 46.1 Å². The Morgan fingerprint density at radius 2 is 0.571 bits per heavy atom. The summed E-state index contributed by atoms with van der Waals surface area (Å²) < 4.78 is 0. The van der Waals surface area contributed by atoms with Crippen LogP contribution < -0.4 is 15.9 Å². The van der Waals surface area contributed by atoms with Gasteiger partial charge in [-0.25, -0.2) is 0 Å². The predicted octanol–water partition coefficient (Wildman–Crippen LogP) is 7.79. The van der Waals surface area contributed by atoms with Crippen molar-refractivity contribution >= 4 is 48.1 Å². The van der Waals surface area contributed by atoms with Crippen LogP contribution in [0.25, 0.3) is 24.3 Å². The largest absolute Gasteiger partial charge is 0.0622 e. The van der Waals surface area contributed by atoms with Crippen LogP contribution in [-0.4, -0.2) is 0 Å². The molecule has 0 aromatic heterocycles. The van der Waals surface area contributed by atoms with E-state index >= 15 is 0 Å². The first-order valence-corrected chi connectivity index (χ1v) is 13.2. The molecule has 0 heterocycles. The molecule has 0 bridgehead atoms. The van der Waals surface area contributed by atoms with Gasteiger partial charge in [0, 0.05) is 0 Å². The van der Waals surface area contributed by atoms with Gasteiger partial charge in [-0.1, -0.05) is 164 Å². The summed E-state index contributed by atoms with van der Waals surface area (Å²) >= 11 is 0. The molecular formula is C34H27P. The van der Waals surface area contributed by atoms with Gasteiger partial charge < -0.3 is 0 Å². The van der Waals surface area contributed by atoms with Crippen LogP contribution in [0.4, 0.5) is 0 Å². The number of hydrogen-bond acceptors (Lipinski definition) is 0. The molecule has 35 heavy (non-hydrogen) atoms. The highest BCUT2D eigenvalue weighted by molar-refractivity contribution is 7.79. The zero-order valence-electron chi connectivity index (χ0n) is 19.5. The average molecular weight is 467 g/mol. The Kier molecular flexibility index (Phi) is 7.44. The molecule has 0 radical (unpaired) electrons. The molecule has 0 spiro atoms. The van der Waals surface area contributed by atoms with E-state index in [-0.39, 0.29) is 0 Å². The molecule has 168 valence electrons. The monoisotopic (exact) mass is 466 g/mol. The van der Waals surface area contributed by atoms with E-state index in [2.05, 4.69) is 152 Å². The fourth-order valence-corrected chi connectivity index (χ4v) is 6.27. The third-order valence-electron chi connectivity index (χ3n) is 5.85. The van der Waals surface area contributed by atoms with E-state index in [1.165, 1.54) is 38.2 Å². The molecule has 0 aliphatic rings. The lowest BCUT2D eigenvalue weighted by Crippen LogP contribution is -2.20. The maximum atomic E-state index is 2.28. The molecule has 1 heteroatoms. The van der Waals surface area contributed by atoms with Crippen LogP contribution in [0.3, 0.4) is 0 Å². The normalized spacial score (nSPS) is 11.5. The van der Waals surface area contributed by atoms with Gasteiger partial charge in [0.1, 0.15) is 0 Å². The van der Waals surface area contributed by atoms with Crippen molar-refractivity contribution in [1.29, 1.82) is 0 Å². The lowest BCUT2D eigenvalue weighted by molar-refractivity contribution is 1.65. The second-order valence-electron chi connectivity index (χ2n) is 8.34. The van der Waals surface area contributed by atoms with Gasteiger partial charge in [0.15, 0.2) is 0 Å². The SMILES string of the molecule is C(=C\c1ccc(P(c2ccccc2)c2ccc(/C=C/c3ccccc3)cc2)cc1)/c1ccccc1. The van der Waals surface area contributed by atoms with Crippen molar-refractivity contribution in [1.82, 2.24) is 0 Å². The van der Waals surface area contributed by atoms with Gasteiger partial charge in [0.2, 0.25) is 0 Å². The Labute approximate surface area is 209 Å². The van der Waals surface area contributed by atoms with Gasteiger partial charge in [0.25, 0.3) is 0 Å². The maximum absolute atomic E-state index is 2.28.